The minimum atomic E-state index is -0.559. The first-order valence-electron chi connectivity index (χ1n) is 5.54. The largest absolute Gasteiger partial charge is 0.381 e. The Morgan fingerprint density at radius 3 is 2.71 bits per heavy atom. The number of rotatable bonds is 2. The molecular weight excluding hydrogens is 284 g/mol. The fourth-order valence-corrected chi connectivity index (χ4v) is 2.69. The molecule has 1 saturated heterocycles. The highest BCUT2D eigenvalue weighted by Gasteiger charge is 2.41. The maximum absolute atomic E-state index is 12.1. The Kier molecular flexibility index (Phi) is 3.81. The Morgan fingerprint density at radius 2 is 2.12 bits per heavy atom. The van der Waals surface area contributed by atoms with Crippen LogP contribution in [0.2, 0.25) is 0 Å². The average molecular weight is 299 g/mol. The van der Waals surface area contributed by atoms with E-state index in [0.29, 0.717) is 26.1 Å². The van der Waals surface area contributed by atoms with Crippen molar-refractivity contribution in [2.45, 2.75) is 18.3 Å². The number of amides is 1. The third-order valence-electron chi connectivity index (χ3n) is 3.29. The first-order chi connectivity index (χ1) is 8.19. The first kappa shape index (κ1) is 12.5. The zero-order valence-corrected chi connectivity index (χ0v) is 11.0. The number of carbonyl (C=O) groups is 1. The summed E-state index contributed by atoms with van der Waals surface area (Å²) in [4.78, 5) is 12.1. The molecule has 1 aromatic rings. The molecule has 0 atom stereocenters. The molecule has 1 aliphatic heterocycles. The molecule has 92 valence electrons. The van der Waals surface area contributed by atoms with Crippen molar-refractivity contribution in [1.29, 1.82) is 0 Å². The molecule has 1 aliphatic rings. The molecule has 4 nitrogen and oxygen atoms in total. The van der Waals surface area contributed by atoms with Crippen LogP contribution in [-0.2, 0) is 14.9 Å². The number of ether oxygens (including phenoxy) is 1. The lowest BCUT2D eigenvalue weighted by Crippen LogP contribution is -2.50. The molecule has 0 saturated carbocycles. The van der Waals surface area contributed by atoms with Crippen molar-refractivity contribution in [3.63, 3.8) is 0 Å². The third kappa shape index (κ3) is 2.36. The van der Waals surface area contributed by atoms with Gasteiger partial charge in [-0.3, -0.25) is 10.2 Å². The van der Waals surface area contributed by atoms with Gasteiger partial charge in [-0.25, -0.2) is 5.84 Å². The van der Waals surface area contributed by atoms with Gasteiger partial charge in [-0.15, -0.1) is 0 Å². The van der Waals surface area contributed by atoms with E-state index in [1.807, 2.05) is 24.3 Å². The van der Waals surface area contributed by atoms with Crippen LogP contribution >= 0.6 is 15.9 Å². The number of nitrogens with one attached hydrogen (secondary N) is 1. The number of carbonyl (C=O) groups excluding carboxylic acids is 1. The van der Waals surface area contributed by atoms with E-state index in [4.69, 9.17) is 10.6 Å². The molecule has 0 aromatic heterocycles. The topological polar surface area (TPSA) is 64.3 Å². The molecule has 1 aromatic carbocycles. The highest BCUT2D eigenvalue weighted by molar-refractivity contribution is 9.10. The van der Waals surface area contributed by atoms with E-state index < -0.39 is 5.41 Å². The van der Waals surface area contributed by atoms with E-state index >= 15 is 0 Å². The quantitative estimate of drug-likeness (QED) is 0.494. The van der Waals surface area contributed by atoms with Crippen LogP contribution < -0.4 is 11.3 Å². The second-order valence-corrected chi connectivity index (χ2v) is 5.09. The highest BCUT2D eigenvalue weighted by Crippen LogP contribution is 2.36. The molecule has 2 rings (SSSR count). The summed E-state index contributed by atoms with van der Waals surface area (Å²) in [7, 11) is 0. The number of hydrogen-bond acceptors (Lipinski definition) is 3. The summed E-state index contributed by atoms with van der Waals surface area (Å²) in [6.45, 7) is 1.17. The Balaban J connectivity index is 2.42. The van der Waals surface area contributed by atoms with Gasteiger partial charge >= 0.3 is 0 Å². The van der Waals surface area contributed by atoms with Crippen LogP contribution in [0.1, 0.15) is 18.4 Å². The number of benzene rings is 1. The van der Waals surface area contributed by atoms with E-state index in [-0.39, 0.29) is 5.91 Å². The van der Waals surface area contributed by atoms with Gasteiger partial charge in [0.05, 0.1) is 5.41 Å². The molecule has 0 unspecified atom stereocenters. The summed E-state index contributed by atoms with van der Waals surface area (Å²) < 4.78 is 6.30. The summed E-state index contributed by atoms with van der Waals surface area (Å²) >= 11 is 3.43. The monoisotopic (exact) mass is 298 g/mol. The zero-order chi connectivity index (χ0) is 12.3. The van der Waals surface area contributed by atoms with E-state index in [9.17, 15) is 4.79 Å². The van der Waals surface area contributed by atoms with Crippen LogP contribution in [0.3, 0.4) is 0 Å². The van der Waals surface area contributed by atoms with Crippen molar-refractivity contribution >= 4 is 21.8 Å². The summed E-state index contributed by atoms with van der Waals surface area (Å²) in [6, 6.07) is 7.81. The van der Waals surface area contributed by atoms with Crippen molar-refractivity contribution in [3.8, 4) is 0 Å². The van der Waals surface area contributed by atoms with Crippen LogP contribution in [0.4, 0.5) is 0 Å². The Hall–Kier alpha value is -0.910. The van der Waals surface area contributed by atoms with Gasteiger partial charge in [-0.05, 0) is 30.5 Å². The van der Waals surface area contributed by atoms with E-state index in [1.165, 1.54) is 0 Å². The Labute approximate surface area is 109 Å². The predicted molar refractivity (Wildman–Crippen MR) is 68.2 cm³/mol. The van der Waals surface area contributed by atoms with Gasteiger partial charge in [0.15, 0.2) is 0 Å². The number of hydrazine groups is 1. The van der Waals surface area contributed by atoms with Gasteiger partial charge in [-0.2, -0.15) is 0 Å². The van der Waals surface area contributed by atoms with Crippen LogP contribution in [-0.4, -0.2) is 19.1 Å². The fraction of sp³-hybridized carbons (Fsp3) is 0.417. The number of nitrogens with two attached hydrogens (primary N) is 1. The molecule has 17 heavy (non-hydrogen) atoms. The van der Waals surface area contributed by atoms with Gasteiger partial charge in [0.1, 0.15) is 0 Å². The van der Waals surface area contributed by atoms with Crippen molar-refractivity contribution < 1.29 is 9.53 Å². The molecule has 1 heterocycles. The van der Waals surface area contributed by atoms with E-state index in [2.05, 4.69) is 21.4 Å². The van der Waals surface area contributed by atoms with Crippen molar-refractivity contribution in [3.05, 3.63) is 34.3 Å². The van der Waals surface area contributed by atoms with Crippen molar-refractivity contribution in [2.75, 3.05) is 13.2 Å². The minimum Gasteiger partial charge on any atom is -0.381 e. The van der Waals surface area contributed by atoms with Crippen molar-refractivity contribution in [1.82, 2.24) is 5.43 Å². The van der Waals surface area contributed by atoms with Gasteiger partial charge in [0, 0.05) is 17.7 Å². The standard InChI is InChI=1S/C12H15BrN2O2/c13-10-3-1-2-9(8-10)12(11(16)15-14)4-6-17-7-5-12/h1-3,8H,4-7,14H2,(H,15,16). The molecule has 1 fully saturated rings. The Bertz CT molecular complexity index is 417. The number of hydrogen-bond donors (Lipinski definition) is 2. The molecule has 0 bridgehead atoms. The molecule has 1 amide bonds. The molecule has 3 N–H and O–H groups in total. The van der Waals surface area contributed by atoms with Gasteiger partial charge < -0.3 is 4.74 Å². The lowest BCUT2D eigenvalue weighted by molar-refractivity contribution is -0.130. The molecule has 0 radical (unpaired) electrons. The lowest BCUT2D eigenvalue weighted by atomic mass is 9.73. The normalized spacial score (nSPS) is 18.7. The molecule has 0 spiro atoms. The first-order valence-corrected chi connectivity index (χ1v) is 6.33. The molecular formula is C12H15BrN2O2. The molecule has 5 heteroatoms. The SMILES string of the molecule is NNC(=O)C1(c2cccc(Br)c2)CCOCC1. The average Bonchev–Trinajstić information content (AvgIpc) is 2.38. The van der Waals surface area contributed by atoms with Gasteiger partial charge in [-0.1, -0.05) is 28.1 Å². The van der Waals surface area contributed by atoms with Crippen LogP contribution in [0.25, 0.3) is 0 Å². The van der Waals surface area contributed by atoms with E-state index in [0.717, 1.165) is 10.0 Å². The number of halogens is 1. The fourth-order valence-electron chi connectivity index (χ4n) is 2.29. The van der Waals surface area contributed by atoms with Gasteiger partial charge in [0.25, 0.3) is 0 Å². The maximum Gasteiger partial charge on any atom is 0.244 e. The summed E-state index contributed by atoms with van der Waals surface area (Å²) in [5.41, 5.74) is 2.71. The summed E-state index contributed by atoms with van der Waals surface area (Å²) in [5.74, 6) is 5.17. The maximum atomic E-state index is 12.1. The van der Waals surface area contributed by atoms with Gasteiger partial charge in [0.2, 0.25) is 5.91 Å². The smallest absolute Gasteiger partial charge is 0.244 e. The predicted octanol–water partition coefficient (Wildman–Crippen LogP) is 1.49. The van der Waals surface area contributed by atoms with Crippen LogP contribution in [0.15, 0.2) is 28.7 Å². The lowest BCUT2D eigenvalue weighted by Gasteiger charge is -2.35. The van der Waals surface area contributed by atoms with Crippen LogP contribution in [0, 0.1) is 0 Å². The second kappa shape index (κ2) is 5.16. The van der Waals surface area contributed by atoms with E-state index in [1.54, 1.807) is 0 Å². The minimum absolute atomic E-state index is 0.140. The Morgan fingerprint density at radius 1 is 1.41 bits per heavy atom. The van der Waals surface area contributed by atoms with Crippen molar-refractivity contribution in [2.24, 2.45) is 5.84 Å². The zero-order valence-electron chi connectivity index (χ0n) is 9.41. The highest BCUT2D eigenvalue weighted by atomic mass is 79.9. The third-order valence-corrected chi connectivity index (χ3v) is 3.78. The molecule has 0 aliphatic carbocycles. The summed E-state index contributed by atoms with van der Waals surface area (Å²) in [5, 5.41) is 0. The summed E-state index contributed by atoms with van der Waals surface area (Å²) in [6.07, 6.45) is 1.32. The second-order valence-electron chi connectivity index (χ2n) is 4.18. The van der Waals surface area contributed by atoms with Crippen LogP contribution in [0.5, 0.6) is 0 Å².